The number of nitrogens with zero attached hydrogens (tertiary/aromatic N) is 4. The first-order valence-electron chi connectivity index (χ1n) is 9.97. The number of anilines is 1. The molecule has 1 aliphatic carbocycles. The van der Waals surface area contributed by atoms with Gasteiger partial charge in [-0.15, -0.1) is 0 Å². The zero-order valence-corrected chi connectivity index (χ0v) is 16.5. The molecule has 0 spiro atoms. The number of rotatable bonds is 5. The van der Waals surface area contributed by atoms with Crippen LogP contribution in [0.4, 0.5) is 5.69 Å². The fraction of sp³-hybridized carbons (Fsp3) is 0.571. The van der Waals surface area contributed by atoms with Crippen LogP contribution in [0.25, 0.3) is 0 Å². The van der Waals surface area contributed by atoms with Gasteiger partial charge in [-0.1, -0.05) is 11.6 Å². The Labute approximate surface area is 161 Å². The number of aromatic nitrogens is 2. The highest BCUT2D eigenvalue weighted by Gasteiger charge is 2.20. The molecule has 1 aromatic carbocycles. The van der Waals surface area contributed by atoms with Gasteiger partial charge in [-0.25, -0.2) is 0 Å². The van der Waals surface area contributed by atoms with Crippen molar-refractivity contribution in [2.45, 2.75) is 38.5 Å². The van der Waals surface area contributed by atoms with Crippen LogP contribution in [-0.4, -0.2) is 47.4 Å². The zero-order valence-electron chi connectivity index (χ0n) is 15.8. The molecule has 2 heterocycles. The predicted octanol–water partition coefficient (Wildman–Crippen LogP) is 3.71. The van der Waals surface area contributed by atoms with Crippen molar-refractivity contribution in [2.24, 2.45) is 7.05 Å². The van der Waals surface area contributed by atoms with E-state index in [1.165, 1.54) is 55.7 Å². The Morgan fingerprint density at radius 3 is 2.50 bits per heavy atom. The van der Waals surface area contributed by atoms with Gasteiger partial charge in [0, 0.05) is 49.6 Å². The lowest BCUT2D eigenvalue weighted by Gasteiger charge is -2.36. The second-order valence-electron chi connectivity index (χ2n) is 7.61. The maximum Gasteiger partial charge on any atom is 0.0659 e. The van der Waals surface area contributed by atoms with E-state index in [0.29, 0.717) is 0 Å². The van der Waals surface area contributed by atoms with Crippen LogP contribution in [0.5, 0.6) is 0 Å². The Bertz CT molecular complexity index is 729. The van der Waals surface area contributed by atoms with E-state index >= 15 is 0 Å². The van der Waals surface area contributed by atoms with Gasteiger partial charge in [0.05, 0.1) is 5.69 Å². The molecule has 4 rings (SSSR count). The zero-order chi connectivity index (χ0) is 17.9. The van der Waals surface area contributed by atoms with E-state index in [4.69, 9.17) is 16.7 Å². The highest BCUT2D eigenvalue weighted by atomic mass is 35.5. The molecule has 2 aliphatic rings. The monoisotopic (exact) mass is 372 g/mol. The average molecular weight is 373 g/mol. The first-order chi connectivity index (χ1) is 12.7. The summed E-state index contributed by atoms with van der Waals surface area (Å²) in [6.07, 6.45) is 7.44. The molecule has 1 saturated heterocycles. The molecule has 0 N–H and O–H groups in total. The van der Waals surface area contributed by atoms with E-state index in [1.807, 2.05) is 12.1 Å². The van der Waals surface area contributed by atoms with Gasteiger partial charge < -0.3 is 4.90 Å². The Balaban J connectivity index is 1.25. The topological polar surface area (TPSA) is 24.3 Å². The maximum atomic E-state index is 5.99. The number of halogens is 1. The van der Waals surface area contributed by atoms with Gasteiger partial charge in [0.15, 0.2) is 0 Å². The first kappa shape index (κ1) is 17.9. The minimum atomic E-state index is 0.809. The average Bonchev–Trinajstić information content (AvgIpc) is 2.99. The van der Waals surface area contributed by atoms with Crippen molar-refractivity contribution < 1.29 is 0 Å². The molecule has 0 saturated carbocycles. The van der Waals surface area contributed by atoms with Crippen molar-refractivity contribution >= 4 is 17.3 Å². The highest BCUT2D eigenvalue weighted by Crippen LogP contribution is 2.25. The molecule has 1 aromatic heterocycles. The molecule has 0 radical (unpaired) electrons. The molecule has 26 heavy (non-hydrogen) atoms. The van der Waals surface area contributed by atoms with Gasteiger partial charge in [-0.2, -0.15) is 5.10 Å². The van der Waals surface area contributed by atoms with Gasteiger partial charge in [0.1, 0.15) is 0 Å². The van der Waals surface area contributed by atoms with Crippen LogP contribution in [0.1, 0.15) is 36.2 Å². The van der Waals surface area contributed by atoms with Crippen molar-refractivity contribution in [3.05, 3.63) is 46.2 Å². The van der Waals surface area contributed by atoms with E-state index in [9.17, 15) is 0 Å². The minimum absolute atomic E-state index is 0.809. The summed E-state index contributed by atoms with van der Waals surface area (Å²) in [5, 5.41) is 5.62. The number of hydrogen-bond acceptors (Lipinski definition) is 3. The summed E-state index contributed by atoms with van der Waals surface area (Å²) in [4.78, 5) is 5.06. The van der Waals surface area contributed by atoms with Gasteiger partial charge >= 0.3 is 0 Å². The van der Waals surface area contributed by atoms with E-state index < -0.39 is 0 Å². The highest BCUT2D eigenvalue weighted by molar-refractivity contribution is 6.30. The molecule has 1 aliphatic heterocycles. The van der Waals surface area contributed by atoms with E-state index in [2.05, 4.69) is 33.7 Å². The van der Waals surface area contributed by atoms with E-state index in [-0.39, 0.29) is 0 Å². The largest absolute Gasteiger partial charge is 0.369 e. The van der Waals surface area contributed by atoms with Crippen molar-refractivity contribution in [3.8, 4) is 0 Å². The Morgan fingerprint density at radius 2 is 1.73 bits per heavy atom. The number of hydrogen-bond donors (Lipinski definition) is 0. The first-order valence-corrected chi connectivity index (χ1v) is 10.3. The second kappa shape index (κ2) is 8.01. The summed E-state index contributed by atoms with van der Waals surface area (Å²) < 4.78 is 2.13. The van der Waals surface area contributed by atoms with Gasteiger partial charge in [-0.3, -0.25) is 9.58 Å². The minimum Gasteiger partial charge on any atom is -0.369 e. The Morgan fingerprint density at radius 1 is 1.00 bits per heavy atom. The van der Waals surface area contributed by atoms with Crippen LogP contribution in [-0.2, 0) is 26.3 Å². The van der Waals surface area contributed by atoms with Crippen LogP contribution >= 0.6 is 11.6 Å². The summed E-state index contributed by atoms with van der Waals surface area (Å²) in [5.74, 6) is 0. The molecule has 0 amide bonds. The van der Waals surface area contributed by atoms with Gasteiger partial charge in [-0.05, 0) is 74.9 Å². The summed E-state index contributed by atoms with van der Waals surface area (Å²) >= 11 is 5.99. The summed E-state index contributed by atoms with van der Waals surface area (Å²) in [5.41, 5.74) is 5.70. The number of aryl methyl sites for hydroxylation is 2. The quantitative estimate of drug-likeness (QED) is 0.799. The van der Waals surface area contributed by atoms with Crippen LogP contribution < -0.4 is 4.90 Å². The summed E-state index contributed by atoms with van der Waals surface area (Å²) in [6.45, 7) is 5.66. The van der Waals surface area contributed by atoms with Crippen molar-refractivity contribution in [1.82, 2.24) is 14.7 Å². The van der Waals surface area contributed by atoms with E-state index in [1.54, 1.807) is 5.56 Å². The molecular weight excluding hydrogens is 344 g/mol. The maximum absolute atomic E-state index is 5.99. The number of piperazine rings is 1. The molecular formula is C21H29ClN4. The van der Waals surface area contributed by atoms with Crippen molar-refractivity contribution in [2.75, 3.05) is 37.6 Å². The lowest BCUT2D eigenvalue weighted by Crippen LogP contribution is -2.46. The lowest BCUT2D eigenvalue weighted by atomic mass is 9.94. The summed E-state index contributed by atoms with van der Waals surface area (Å²) in [7, 11) is 2.11. The molecule has 5 heteroatoms. The standard InChI is InChI=1S/C21H29ClN4/c1-24-21-7-3-2-5-19(21)20(23-24)6-4-12-25-13-15-26(16-14-25)18-10-8-17(22)9-11-18/h8-11H,2-7,12-16H2,1H3. The normalized spacial score (nSPS) is 18.2. The molecule has 4 nitrogen and oxygen atoms in total. The smallest absolute Gasteiger partial charge is 0.0659 e. The Hall–Kier alpha value is -1.52. The lowest BCUT2D eigenvalue weighted by molar-refractivity contribution is 0.254. The summed E-state index contributed by atoms with van der Waals surface area (Å²) in [6, 6.07) is 8.22. The van der Waals surface area contributed by atoms with Crippen LogP contribution in [0.3, 0.4) is 0 Å². The van der Waals surface area contributed by atoms with Crippen LogP contribution in [0.15, 0.2) is 24.3 Å². The fourth-order valence-corrected chi connectivity index (χ4v) is 4.54. The second-order valence-corrected chi connectivity index (χ2v) is 8.05. The fourth-order valence-electron chi connectivity index (χ4n) is 4.41. The molecule has 0 unspecified atom stereocenters. The molecule has 2 aromatic rings. The molecule has 0 bridgehead atoms. The van der Waals surface area contributed by atoms with Crippen LogP contribution in [0.2, 0.25) is 5.02 Å². The van der Waals surface area contributed by atoms with Crippen LogP contribution in [0, 0.1) is 0 Å². The third kappa shape index (κ3) is 3.91. The van der Waals surface area contributed by atoms with E-state index in [0.717, 1.165) is 37.6 Å². The number of fused-ring (bicyclic) bond motifs is 1. The van der Waals surface area contributed by atoms with Crippen molar-refractivity contribution in [1.29, 1.82) is 0 Å². The Kier molecular flexibility index (Phi) is 5.51. The third-order valence-electron chi connectivity index (χ3n) is 5.90. The third-order valence-corrected chi connectivity index (χ3v) is 6.15. The molecule has 0 atom stereocenters. The van der Waals surface area contributed by atoms with Gasteiger partial charge in [0.25, 0.3) is 0 Å². The van der Waals surface area contributed by atoms with Crippen molar-refractivity contribution in [3.63, 3.8) is 0 Å². The predicted molar refractivity (Wildman–Crippen MR) is 108 cm³/mol. The van der Waals surface area contributed by atoms with Gasteiger partial charge in [0.2, 0.25) is 0 Å². The molecule has 140 valence electrons. The SMILES string of the molecule is Cn1nc(CCCN2CCN(c3ccc(Cl)cc3)CC2)c2c1CCCC2. The molecule has 1 fully saturated rings. The number of benzene rings is 1.